The van der Waals surface area contributed by atoms with Crippen molar-refractivity contribution in [1.82, 2.24) is 4.98 Å². The molecule has 3 N–H and O–H groups in total. The lowest BCUT2D eigenvalue weighted by molar-refractivity contribution is 0.488. The predicted octanol–water partition coefficient (Wildman–Crippen LogP) is 3.96. The molecule has 0 atom stereocenters. The van der Waals surface area contributed by atoms with E-state index in [9.17, 15) is 0 Å². The second-order valence-electron chi connectivity index (χ2n) is 4.49. The summed E-state index contributed by atoms with van der Waals surface area (Å²) in [5.74, 6) is 1.16. The Bertz CT molecular complexity index is 827. The first kappa shape index (κ1) is 13.4. The monoisotopic (exact) mass is 297 g/mol. The SMILES string of the molecule is N=C(N)c1ccc(Oc2cccc3ncccc23)c(Cl)c1. The number of fused-ring (bicyclic) bond motifs is 1. The van der Waals surface area contributed by atoms with Gasteiger partial charge >= 0.3 is 0 Å². The van der Waals surface area contributed by atoms with E-state index in [-0.39, 0.29) is 5.84 Å². The molecule has 0 saturated heterocycles. The smallest absolute Gasteiger partial charge is 0.146 e. The molecule has 1 heterocycles. The van der Waals surface area contributed by atoms with Crippen LogP contribution in [-0.2, 0) is 0 Å². The highest BCUT2D eigenvalue weighted by Crippen LogP contribution is 2.33. The highest BCUT2D eigenvalue weighted by molar-refractivity contribution is 6.32. The van der Waals surface area contributed by atoms with Gasteiger partial charge in [0.25, 0.3) is 0 Å². The highest BCUT2D eigenvalue weighted by atomic mass is 35.5. The summed E-state index contributed by atoms with van der Waals surface area (Å²) in [6.07, 6.45) is 1.74. The van der Waals surface area contributed by atoms with Gasteiger partial charge in [-0.3, -0.25) is 10.4 Å². The second-order valence-corrected chi connectivity index (χ2v) is 4.89. The third kappa shape index (κ3) is 2.66. The maximum Gasteiger partial charge on any atom is 0.146 e. The van der Waals surface area contributed by atoms with Crippen LogP contribution in [0.1, 0.15) is 5.56 Å². The van der Waals surface area contributed by atoms with E-state index in [0.717, 1.165) is 10.9 Å². The standard InChI is InChI=1S/C16H12ClN3O/c17-12-9-10(16(18)19)6-7-15(12)21-14-5-1-4-13-11(14)3-2-8-20-13/h1-9H,(H3,18,19). The zero-order chi connectivity index (χ0) is 14.8. The molecule has 0 fully saturated rings. The van der Waals surface area contributed by atoms with E-state index < -0.39 is 0 Å². The number of halogens is 1. The molecule has 1 aromatic heterocycles. The van der Waals surface area contributed by atoms with Crippen LogP contribution < -0.4 is 10.5 Å². The number of rotatable bonds is 3. The van der Waals surface area contributed by atoms with Crippen molar-refractivity contribution < 1.29 is 4.74 Å². The quantitative estimate of drug-likeness (QED) is 0.567. The molecule has 0 aliphatic rings. The molecule has 0 aliphatic heterocycles. The maximum atomic E-state index is 7.40. The first-order valence-electron chi connectivity index (χ1n) is 6.31. The normalized spacial score (nSPS) is 10.5. The summed E-state index contributed by atoms with van der Waals surface area (Å²) in [4.78, 5) is 4.29. The molecule has 0 spiro atoms. The molecule has 0 aliphatic carbocycles. The summed E-state index contributed by atoms with van der Waals surface area (Å²) < 4.78 is 5.87. The minimum absolute atomic E-state index is 0.0298. The molecule has 3 aromatic rings. The average Bonchev–Trinajstić information content (AvgIpc) is 2.49. The Hall–Kier alpha value is -2.59. The number of amidine groups is 1. The van der Waals surface area contributed by atoms with Crippen LogP contribution in [0.4, 0.5) is 0 Å². The van der Waals surface area contributed by atoms with Crippen LogP contribution in [0.15, 0.2) is 54.7 Å². The Morgan fingerprint density at radius 1 is 1.10 bits per heavy atom. The molecule has 21 heavy (non-hydrogen) atoms. The van der Waals surface area contributed by atoms with Crippen molar-refractivity contribution in [2.75, 3.05) is 0 Å². The van der Waals surface area contributed by atoms with Crippen LogP contribution in [-0.4, -0.2) is 10.8 Å². The van der Waals surface area contributed by atoms with Gasteiger partial charge in [-0.15, -0.1) is 0 Å². The summed E-state index contributed by atoms with van der Waals surface area (Å²) in [5.41, 5.74) is 6.85. The Balaban J connectivity index is 2.01. The van der Waals surface area contributed by atoms with Gasteiger partial charge in [0.15, 0.2) is 0 Å². The van der Waals surface area contributed by atoms with E-state index in [4.69, 9.17) is 27.5 Å². The van der Waals surface area contributed by atoms with E-state index in [1.54, 1.807) is 24.4 Å². The van der Waals surface area contributed by atoms with Crippen LogP contribution in [0, 0.1) is 5.41 Å². The van der Waals surface area contributed by atoms with Gasteiger partial charge in [-0.1, -0.05) is 17.7 Å². The molecule has 0 unspecified atom stereocenters. The number of nitrogens with two attached hydrogens (primary N) is 1. The molecule has 0 radical (unpaired) electrons. The molecule has 0 amide bonds. The molecule has 5 heteroatoms. The lowest BCUT2D eigenvalue weighted by atomic mass is 10.2. The second kappa shape index (κ2) is 5.42. The van der Waals surface area contributed by atoms with Crippen LogP contribution in [0.2, 0.25) is 5.02 Å². The van der Waals surface area contributed by atoms with Gasteiger partial charge in [0.2, 0.25) is 0 Å². The van der Waals surface area contributed by atoms with Crippen molar-refractivity contribution >= 4 is 28.3 Å². The van der Waals surface area contributed by atoms with Gasteiger partial charge in [-0.05, 0) is 42.5 Å². The van der Waals surface area contributed by atoms with Crippen molar-refractivity contribution in [3.05, 3.63) is 65.3 Å². The van der Waals surface area contributed by atoms with Gasteiger partial charge in [0.05, 0.1) is 10.5 Å². The Kier molecular flexibility index (Phi) is 3.46. The number of hydrogen-bond donors (Lipinski definition) is 2. The van der Waals surface area contributed by atoms with E-state index in [1.807, 2.05) is 30.3 Å². The highest BCUT2D eigenvalue weighted by Gasteiger charge is 2.08. The number of pyridine rings is 1. The van der Waals surface area contributed by atoms with Crippen molar-refractivity contribution in [3.63, 3.8) is 0 Å². The Morgan fingerprint density at radius 3 is 2.71 bits per heavy atom. The first-order chi connectivity index (χ1) is 10.1. The Morgan fingerprint density at radius 2 is 1.95 bits per heavy atom. The van der Waals surface area contributed by atoms with Crippen LogP contribution in [0.25, 0.3) is 10.9 Å². The van der Waals surface area contributed by atoms with Crippen LogP contribution >= 0.6 is 11.6 Å². The van der Waals surface area contributed by atoms with Crippen molar-refractivity contribution in [1.29, 1.82) is 5.41 Å². The zero-order valence-electron chi connectivity index (χ0n) is 11.0. The van der Waals surface area contributed by atoms with E-state index >= 15 is 0 Å². The van der Waals surface area contributed by atoms with Crippen molar-refractivity contribution in [3.8, 4) is 11.5 Å². The number of benzene rings is 2. The number of nitrogens with one attached hydrogen (secondary N) is 1. The van der Waals surface area contributed by atoms with Crippen molar-refractivity contribution in [2.45, 2.75) is 0 Å². The van der Waals surface area contributed by atoms with Crippen LogP contribution in [0.3, 0.4) is 0 Å². The Labute approximate surface area is 126 Å². The molecule has 104 valence electrons. The average molecular weight is 298 g/mol. The third-order valence-electron chi connectivity index (χ3n) is 3.07. The summed E-state index contributed by atoms with van der Waals surface area (Å²) in [6.45, 7) is 0. The summed E-state index contributed by atoms with van der Waals surface area (Å²) in [6, 6.07) is 14.5. The number of nitrogen functional groups attached to an aromatic ring is 1. The first-order valence-corrected chi connectivity index (χ1v) is 6.68. The number of aromatic nitrogens is 1. The van der Waals surface area contributed by atoms with Crippen molar-refractivity contribution in [2.24, 2.45) is 5.73 Å². The molecule has 4 nitrogen and oxygen atoms in total. The molecule has 0 saturated carbocycles. The minimum Gasteiger partial charge on any atom is -0.455 e. The lowest BCUT2D eigenvalue weighted by Crippen LogP contribution is -2.10. The van der Waals surface area contributed by atoms with Gasteiger partial charge in [0.1, 0.15) is 17.3 Å². The maximum absolute atomic E-state index is 7.40. The van der Waals surface area contributed by atoms with Gasteiger partial charge < -0.3 is 10.5 Å². The fraction of sp³-hybridized carbons (Fsp3) is 0. The number of nitrogens with zero attached hydrogens (tertiary/aromatic N) is 1. The summed E-state index contributed by atoms with van der Waals surface area (Å²) in [5, 5.41) is 8.72. The number of ether oxygens (including phenoxy) is 1. The fourth-order valence-electron chi connectivity index (χ4n) is 2.03. The molecule has 3 rings (SSSR count). The lowest BCUT2D eigenvalue weighted by Gasteiger charge is -2.10. The van der Waals surface area contributed by atoms with Gasteiger partial charge in [0, 0.05) is 17.1 Å². The topological polar surface area (TPSA) is 72.0 Å². The predicted molar refractivity (Wildman–Crippen MR) is 84.3 cm³/mol. The van der Waals surface area contributed by atoms with E-state index in [0.29, 0.717) is 22.1 Å². The third-order valence-corrected chi connectivity index (χ3v) is 3.36. The summed E-state index contributed by atoms with van der Waals surface area (Å²) >= 11 is 6.18. The fourth-order valence-corrected chi connectivity index (χ4v) is 2.25. The van der Waals surface area contributed by atoms with Gasteiger partial charge in [-0.2, -0.15) is 0 Å². The van der Waals surface area contributed by atoms with Crippen LogP contribution in [0.5, 0.6) is 11.5 Å². The summed E-state index contributed by atoms with van der Waals surface area (Å²) in [7, 11) is 0. The van der Waals surface area contributed by atoms with E-state index in [1.165, 1.54) is 0 Å². The zero-order valence-corrected chi connectivity index (χ0v) is 11.8. The molecule has 0 bridgehead atoms. The minimum atomic E-state index is -0.0298. The molecular weight excluding hydrogens is 286 g/mol. The van der Waals surface area contributed by atoms with E-state index in [2.05, 4.69) is 4.98 Å². The van der Waals surface area contributed by atoms with Gasteiger partial charge in [-0.25, -0.2) is 0 Å². The molecule has 2 aromatic carbocycles. The molecular formula is C16H12ClN3O. The number of hydrogen-bond acceptors (Lipinski definition) is 3. The largest absolute Gasteiger partial charge is 0.455 e.